The third-order valence-electron chi connectivity index (χ3n) is 8.91. The molecule has 0 aliphatic carbocycles. The molecule has 1 atom stereocenters. The van der Waals surface area contributed by atoms with Crippen LogP contribution in [-0.4, -0.2) is 70.6 Å². The first-order valence-corrected chi connectivity index (χ1v) is 17.6. The third kappa shape index (κ3) is 10.3. The number of hydrogen-bond acceptors (Lipinski definition) is 9. The maximum absolute atomic E-state index is 13.8. The highest BCUT2D eigenvalue weighted by Crippen LogP contribution is 2.29. The molecule has 0 bridgehead atoms. The number of unbranched alkanes of at least 4 members (excludes halogenated alkanes) is 5. The van der Waals surface area contributed by atoms with Crippen LogP contribution in [0.4, 0.5) is 10.5 Å². The summed E-state index contributed by atoms with van der Waals surface area (Å²) in [7, 11) is 1.95. The quantitative estimate of drug-likeness (QED) is 0.0591. The van der Waals surface area contributed by atoms with Crippen molar-refractivity contribution in [2.24, 2.45) is 7.05 Å². The van der Waals surface area contributed by atoms with E-state index >= 15 is 0 Å². The molecule has 49 heavy (non-hydrogen) atoms. The summed E-state index contributed by atoms with van der Waals surface area (Å²) in [5.74, 6) is 0.286. The van der Waals surface area contributed by atoms with Crippen LogP contribution >= 0.6 is 0 Å². The highest BCUT2D eigenvalue weighted by atomic mass is 16.5. The molecule has 2 amide bonds. The Labute approximate surface area is 289 Å². The number of amides is 2. The van der Waals surface area contributed by atoms with Crippen molar-refractivity contribution in [3.63, 3.8) is 0 Å². The number of nitrogens with zero attached hydrogens (tertiary/aromatic N) is 3. The first-order valence-electron chi connectivity index (χ1n) is 17.6. The van der Waals surface area contributed by atoms with Gasteiger partial charge in [-0.15, -0.1) is 0 Å². The summed E-state index contributed by atoms with van der Waals surface area (Å²) in [6.45, 7) is 9.67. The Kier molecular flexibility index (Phi) is 13.6. The zero-order chi connectivity index (χ0) is 35.4. The smallest absolute Gasteiger partial charge is 0.412 e. The predicted octanol–water partition coefficient (Wildman–Crippen LogP) is 5.98. The number of alkyl carbamates (subject to hydrolysis) is 1. The summed E-state index contributed by atoms with van der Waals surface area (Å²) in [6.07, 6.45) is 7.70. The van der Waals surface area contributed by atoms with Crippen LogP contribution in [0.15, 0.2) is 42.5 Å². The summed E-state index contributed by atoms with van der Waals surface area (Å²) in [5, 5.41) is 17.4. The minimum atomic E-state index is -1.14. The molecule has 12 heteroatoms. The number of carbonyl (C=O) groups is 3. The Hall–Kier alpha value is -4.45. The molecule has 2 heterocycles. The van der Waals surface area contributed by atoms with E-state index in [0.717, 1.165) is 60.2 Å². The van der Waals surface area contributed by atoms with Gasteiger partial charge >= 0.3 is 12.1 Å². The summed E-state index contributed by atoms with van der Waals surface area (Å²) in [4.78, 5) is 45.1. The number of aryl methyl sites for hydroxylation is 1. The maximum atomic E-state index is 13.8. The van der Waals surface area contributed by atoms with Gasteiger partial charge in [0.25, 0.3) is 0 Å². The van der Waals surface area contributed by atoms with Crippen molar-refractivity contribution in [1.29, 1.82) is 5.41 Å². The number of benzene rings is 2. The van der Waals surface area contributed by atoms with E-state index in [9.17, 15) is 14.4 Å². The summed E-state index contributed by atoms with van der Waals surface area (Å²) in [5.41, 5.74) is 2.63. The second-order valence-corrected chi connectivity index (χ2v) is 13.1. The van der Waals surface area contributed by atoms with Crippen LogP contribution in [0.1, 0.15) is 96.0 Å². The number of imidazole rings is 1. The molecule has 266 valence electrons. The van der Waals surface area contributed by atoms with E-state index in [-0.39, 0.29) is 24.4 Å². The predicted molar refractivity (Wildman–Crippen MR) is 192 cm³/mol. The van der Waals surface area contributed by atoms with Gasteiger partial charge in [0.15, 0.2) is 0 Å². The van der Waals surface area contributed by atoms with Gasteiger partial charge in [0, 0.05) is 31.4 Å². The summed E-state index contributed by atoms with van der Waals surface area (Å²) < 4.78 is 12.6. The number of fused-ring (bicyclic) bond motifs is 1. The van der Waals surface area contributed by atoms with Gasteiger partial charge in [0.05, 0.1) is 36.8 Å². The maximum Gasteiger partial charge on any atom is 0.412 e. The van der Waals surface area contributed by atoms with E-state index in [2.05, 4.69) is 22.9 Å². The molecule has 1 fully saturated rings. The number of hydrogen-bond donors (Lipinski definition) is 4. The molecule has 1 aliphatic rings. The van der Waals surface area contributed by atoms with Crippen molar-refractivity contribution in [2.75, 3.05) is 31.6 Å². The molecule has 4 rings (SSSR count). The van der Waals surface area contributed by atoms with E-state index in [0.29, 0.717) is 31.8 Å². The lowest BCUT2D eigenvalue weighted by atomic mass is 9.89. The molecule has 1 unspecified atom stereocenters. The van der Waals surface area contributed by atoms with Crippen molar-refractivity contribution < 1.29 is 23.9 Å². The van der Waals surface area contributed by atoms with Crippen LogP contribution in [0.2, 0.25) is 0 Å². The number of carbonyl (C=O) groups excluding carboxylic acids is 3. The lowest BCUT2D eigenvalue weighted by molar-refractivity contribution is -0.147. The highest BCUT2D eigenvalue weighted by Gasteiger charge is 2.40. The SMILES string of the molecule is CCCCCCCCOC(=O)NC(=N)c1ccc(NCc2nc3cc(C(C)(NCC(=O)OC(C)C)C(=O)N4CCCC4)ccc3n2C)cc1. The molecule has 1 aliphatic heterocycles. The van der Waals surface area contributed by atoms with Crippen LogP contribution in [0, 0.1) is 5.41 Å². The number of likely N-dealkylation sites (tertiary alicyclic amines) is 1. The molecular formula is C37H53N7O5. The van der Waals surface area contributed by atoms with E-state index in [1.54, 1.807) is 26.0 Å². The molecule has 0 radical (unpaired) electrons. The molecule has 12 nitrogen and oxygen atoms in total. The van der Waals surface area contributed by atoms with Crippen LogP contribution in [0.3, 0.4) is 0 Å². The minimum absolute atomic E-state index is 0.0211. The lowest BCUT2D eigenvalue weighted by Crippen LogP contribution is -2.54. The van der Waals surface area contributed by atoms with Crippen LogP contribution in [0.25, 0.3) is 11.0 Å². The van der Waals surface area contributed by atoms with Gasteiger partial charge in [-0.3, -0.25) is 25.6 Å². The van der Waals surface area contributed by atoms with Crippen molar-refractivity contribution in [3.05, 3.63) is 59.4 Å². The largest absolute Gasteiger partial charge is 0.462 e. The number of ether oxygens (including phenoxy) is 2. The van der Waals surface area contributed by atoms with E-state index in [1.165, 1.54) is 19.3 Å². The molecule has 1 aromatic heterocycles. The number of amidine groups is 1. The highest BCUT2D eigenvalue weighted by molar-refractivity contribution is 6.04. The first-order chi connectivity index (χ1) is 23.5. The van der Waals surface area contributed by atoms with Crippen LogP contribution < -0.4 is 16.0 Å². The van der Waals surface area contributed by atoms with Crippen molar-refractivity contribution in [1.82, 2.24) is 25.1 Å². The Balaban J connectivity index is 1.37. The molecular weight excluding hydrogens is 622 g/mol. The van der Waals surface area contributed by atoms with Gasteiger partial charge in [-0.1, -0.05) is 45.1 Å². The van der Waals surface area contributed by atoms with Crippen molar-refractivity contribution >= 4 is 40.5 Å². The Morgan fingerprint density at radius 3 is 2.39 bits per heavy atom. The van der Waals surface area contributed by atoms with Gasteiger partial charge in [0.2, 0.25) is 5.91 Å². The number of rotatable bonds is 17. The monoisotopic (exact) mass is 675 g/mol. The molecule has 0 spiro atoms. The Morgan fingerprint density at radius 1 is 1.00 bits per heavy atom. The first kappa shape index (κ1) is 37.4. The number of aromatic nitrogens is 2. The summed E-state index contributed by atoms with van der Waals surface area (Å²) >= 11 is 0. The zero-order valence-corrected chi connectivity index (χ0v) is 29.7. The Bertz CT molecular complexity index is 1580. The van der Waals surface area contributed by atoms with E-state index in [4.69, 9.17) is 19.9 Å². The second kappa shape index (κ2) is 17.8. The lowest BCUT2D eigenvalue weighted by Gasteiger charge is -2.34. The zero-order valence-electron chi connectivity index (χ0n) is 29.7. The second-order valence-electron chi connectivity index (χ2n) is 13.1. The van der Waals surface area contributed by atoms with Gasteiger partial charge in [-0.2, -0.15) is 0 Å². The fourth-order valence-corrected chi connectivity index (χ4v) is 6.00. The standard InChI is InChI=1S/C37H53N7O5/c1-6-7-8-9-10-13-22-48-36(47)42-34(38)27-14-17-29(18-15-27)39-24-32-41-30-23-28(16-19-31(30)43(32)5)37(4,35(46)44-20-11-12-21-44)40-25-33(45)49-26(2)3/h14-19,23,26,39-40H,6-13,20-22,24-25H2,1-5H3,(H2,38,42,47). The van der Waals surface area contributed by atoms with E-state index in [1.807, 2.05) is 53.8 Å². The fourth-order valence-electron chi connectivity index (χ4n) is 6.00. The fraction of sp³-hybridized carbons (Fsp3) is 0.541. The van der Waals surface area contributed by atoms with Gasteiger partial charge in [0.1, 0.15) is 17.2 Å². The molecule has 4 N–H and O–H groups in total. The van der Waals surface area contributed by atoms with E-state index < -0.39 is 17.6 Å². The van der Waals surface area contributed by atoms with Gasteiger partial charge in [-0.05, 0) is 82.0 Å². The molecule has 0 saturated carbocycles. The normalized spacial score (nSPS) is 14.1. The Morgan fingerprint density at radius 2 is 1.69 bits per heavy atom. The third-order valence-corrected chi connectivity index (χ3v) is 8.91. The molecule has 2 aromatic carbocycles. The number of esters is 1. The van der Waals surface area contributed by atoms with Gasteiger partial charge < -0.3 is 24.3 Å². The van der Waals surface area contributed by atoms with Gasteiger partial charge in [-0.25, -0.2) is 9.78 Å². The number of nitrogens with one attached hydrogen (secondary N) is 4. The minimum Gasteiger partial charge on any atom is -0.462 e. The van der Waals surface area contributed by atoms with Crippen molar-refractivity contribution in [2.45, 2.75) is 97.2 Å². The average Bonchev–Trinajstić information content (AvgIpc) is 3.73. The van der Waals surface area contributed by atoms with Crippen molar-refractivity contribution in [3.8, 4) is 0 Å². The average molecular weight is 676 g/mol. The molecule has 1 saturated heterocycles. The number of anilines is 1. The topological polar surface area (TPSA) is 151 Å². The van der Waals surface area contributed by atoms with Crippen LogP contribution in [0.5, 0.6) is 0 Å². The summed E-state index contributed by atoms with van der Waals surface area (Å²) in [6, 6.07) is 13.0. The molecule has 3 aromatic rings. The van der Waals surface area contributed by atoms with Crippen LogP contribution in [-0.2, 0) is 38.2 Å².